The van der Waals surface area contributed by atoms with E-state index in [0.29, 0.717) is 0 Å². The van der Waals surface area contributed by atoms with Crippen LogP contribution in [0.25, 0.3) is 0 Å². The topological polar surface area (TPSA) is 0 Å². The first kappa shape index (κ1) is 9.28. The van der Waals surface area contributed by atoms with Gasteiger partial charge in [0.1, 0.15) is 0 Å². The Bertz CT molecular complexity index is 118. The monoisotopic (exact) mass is 304 g/mol. The van der Waals surface area contributed by atoms with E-state index in [2.05, 4.69) is 34.9 Å². The Morgan fingerprint density at radius 3 is 2.38 bits per heavy atom. The molecule has 0 aliphatic heterocycles. The summed E-state index contributed by atoms with van der Waals surface area (Å²) in [4.78, 5) is 0. The molecule has 0 aromatic carbocycles. The Hall–Kier alpha value is 1.28. The molecule has 0 unspecified atom stereocenters. The second kappa shape index (κ2) is 6.40. The molecule has 1 rings (SSSR count). The van der Waals surface area contributed by atoms with Crippen LogP contribution < -0.4 is 0 Å². The Morgan fingerprint density at radius 1 is 1.62 bits per heavy atom. The minimum absolute atomic E-state index is 1.12. The molecule has 1 aromatic rings. The van der Waals surface area contributed by atoms with Crippen molar-refractivity contribution in [2.45, 2.75) is 0 Å². The van der Waals surface area contributed by atoms with Crippen molar-refractivity contribution >= 4 is 40.9 Å². The maximum atomic E-state index is 3.26. The zero-order valence-corrected chi connectivity index (χ0v) is 11.0. The summed E-state index contributed by atoms with van der Waals surface area (Å²) < 4.78 is 1.12. The summed E-state index contributed by atoms with van der Waals surface area (Å²) in [5, 5.41) is 4.91. The normalized spacial score (nSPS) is 7.50. The van der Waals surface area contributed by atoms with Crippen LogP contribution in [0.15, 0.2) is 15.9 Å². The van der Waals surface area contributed by atoms with E-state index in [1.807, 2.05) is 11.4 Å². The van der Waals surface area contributed by atoms with Crippen LogP contribution in [0.1, 0.15) is 0 Å². The van der Waals surface area contributed by atoms with Gasteiger partial charge in [-0.25, -0.2) is 0 Å². The molecule has 1 aromatic heterocycles. The first-order valence-electron chi connectivity index (χ1n) is 1.76. The van der Waals surface area contributed by atoms with Crippen molar-refractivity contribution in [3.8, 4) is 0 Å². The van der Waals surface area contributed by atoms with E-state index < -0.39 is 0 Å². The average Bonchev–Trinajstić information content (AvgIpc) is 2.24. The van der Waals surface area contributed by atoms with E-state index in [-0.39, 0.29) is 0 Å². The molecule has 0 spiro atoms. The maximum absolute atomic E-state index is 3.26. The predicted molar refractivity (Wildman–Crippen MR) is 39.8 cm³/mol. The summed E-state index contributed by atoms with van der Waals surface area (Å²) in [7, 11) is 0. The van der Waals surface area contributed by atoms with Gasteiger partial charge in [-0.3, -0.25) is 0 Å². The zero-order chi connectivity index (χ0) is 6.41. The molecular formula is C4H2Br2SZn. The van der Waals surface area contributed by atoms with Crippen molar-refractivity contribution in [1.29, 1.82) is 0 Å². The van der Waals surface area contributed by atoms with Gasteiger partial charge >= 0.3 is 30.0 Å². The summed E-state index contributed by atoms with van der Waals surface area (Å²) in [5.74, 6) is 0. The SMILES string of the molecule is Brc1c[c-]sc1.[Zn+][Br]. The van der Waals surface area contributed by atoms with Crippen molar-refractivity contribution in [3.63, 3.8) is 0 Å². The average molecular weight is 307 g/mol. The van der Waals surface area contributed by atoms with Crippen LogP contribution in [-0.2, 0) is 16.3 Å². The first-order chi connectivity index (χ1) is 3.89. The van der Waals surface area contributed by atoms with Crippen molar-refractivity contribution in [3.05, 3.63) is 21.3 Å². The second-order valence-corrected chi connectivity index (χ2v) is 2.51. The third-order valence-electron chi connectivity index (χ3n) is 0.436. The summed E-state index contributed by atoms with van der Waals surface area (Å²) in [6.45, 7) is 0. The molecule has 0 N–H and O–H groups in total. The summed E-state index contributed by atoms with van der Waals surface area (Å²) >= 11 is 9.08. The van der Waals surface area contributed by atoms with E-state index in [9.17, 15) is 0 Å². The number of halogens is 2. The Balaban J connectivity index is 0.000000222. The van der Waals surface area contributed by atoms with Gasteiger partial charge in [0.05, 0.1) is 0 Å². The second-order valence-electron chi connectivity index (χ2n) is 0.883. The number of rotatable bonds is 0. The number of thiophene rings is 1. The predicted octanol–water partition coefficient (Wildman–Crippen LogP) is 3.15. The van der Waals surface area contributed by atoms with E-state index >= 15 is 0 Å². The fourth-order valence-electron chi connectivity index (χ4n) is 0.215. The molecule has 0 atom stereocenters. The van der Waals surface area contributed by atoms with E-state index in [1.165, 1.54) is 16.3 Å². The Morgan fingerprint density at radius 2 is 2.25 bits per heavy atom. The van der Waals surface area contributed by atoms with E-state index in [1.54, 1.807) is 11.3 Å². The van der Waals surface area contributed by atoms with Crippen molar-refractivity contribution in [2.75, 3.05) is 0 Å². The number of hydrogen-bond acceptors (Lipinski definition) is 1. The van der Waals surface area contributed by atoms with E-state index in [4.69, 9.17) is 0 Å². The van der Waals surface area contributed by atoms with Gasteiger partial charge in [0.25, 0.3) is 0 Å². The van der Waals surface area contributed by atoms with Crippen LogP contribution in [0.2, 0.25) is 0 Å². The van der Waals surface area contributed by atoms with Crippen molar-refractivity contribution < 1.29 is 16.3 Å². The quantitative estimate of drug-likeness (QED) is 0.510. The zero-order valence-electron chi connectivity index (χ0n) is 4.03. The molecule has 8 heavy (non-hydrogen) atoms. The van der Waals surface area contributed by atoms with Gasteiger partial charge in [0.15, 0.2) is 0 Å². The molecule has 0 nitrogen and oxygen atoms in total. The number of hydrogen-bond donors (Lipinski definition) is 0. The standard InChI is InChI=1S/C4H2BrS.BrH.Zn/c5-4-1-2-6-3-4;;/h1,3H;1H;/q-1;;+2/p-1. The molecule has 0 amide bonds. The molecule has 0 fully saturated rings. The van der Waals surface area contributed by atoms with Crippen LogP contribution in [-0.4, -0.2) is 0 Å². The van der Waals surface area contributed by atoms with Gasteiger partial charge in [-0.2, -0.15) is 6.07 Å². The van der Waals surface area contributed by atoms with Gasteiger partial charge in [-0.05, 0) is 0 Å². The molecule has 0 saturated heterocycles. The van der Waals surface area contributed by atoms with Gasteiger partial charge in [-0.15, -0.1) is 31.2 Å². The van der Waals surface area contributed by atoms with Crippen molar-refractivity contribution in [1.82, 2.24) is 0 Å². The van der Waals surface area contributed by atoms with Gasteiger partial charge < -0.3 is 11.3 Å². The Labute approximate surface area is 77.8 Å². The molecule has 4 heteroatoms. The molecular weight excluding hydrogens is 305 g/mol. The minimum atomic E-state index is 1.12. The molecule has 0 saturated carbocycles. The van der Waals surface area contributed by atoms with E-state index in [0.717, 1.165) is 4.47 Å². The molecule has 0 aliphatic carbocycles. The molecule has 0 radical (unpaired) electrons. The molecule has 1 heterocycles. The van der Waals surface area contributed by atoms with Crippen LogP contribution in [0.3, 0.4) is 0 Å². The Kier molecular flexibility index (Phi) is 7.43. The third-order valence-corrected chi connectivity index (χ3v) is 1.82. The molecule has 0 bridgehead atoms. The first-order valence-corrected chi connectivity index (χ1v) is 10.4. The van der Waals surface area contributed by atoms with Crippen LogP contribution in [0.5, 0.6) is 0 Å². The van der Waals surface area contributed by atoms with Gasteiger partial charge in [0, 0.05) is 0 Å². The van der Waals surface area contributed by atoms with Crippen LogP contribution in [0.4, 0.5) is 0 Å². The van der Waals surface area contributed by atoms with Crippen molar-refractivity contribution in [2.24, 2.45) is 0 Å². The molecule has 0 aliphatic rings. The summed E-state index contributed by atoms with van der Waals surface area (Å²) in [6, 6.07) is 1.89. The van der Waals surface area contributed by atoms with Gasteiger partial charge in [-0.1, -0.05) is 0 Å². The fraction of sp³-hybridized carbons (Fsp3) is 0. The van der Waals surface area contributed by atoms with Crippen LogP contribution in [0, 0.1) is 5.38 Å². The summed E-state index contributed by atoms with van der Waals surface area (Å²) in [6.07, 6.45) is 0. The summed E-state index contributed by atoms with van der Waals surface area (Å²) in [5.41, 5.74) is 0. The molecule has 40 valence electrons. The van der Waals surface area contributed by atoms with Gasteiger partial charge in [0.2, 0.25) is 0 Å². The third kappa shape index (κ3) is 4.19. The fourth-order valence-corrected chi connectivity index (χ4v) is 1.20. The van der Waals surface area contributed by atoms with Crippen LogP contribution >= 0.6 is 40.9 Å².